The van der Waals surface area contributed by atoms with Crippen LogP contribution < -0.4 is 0 Å². The maximum absolute atomic E-state index is 12.8. The molecule has 22 heavy (non-hydrogen) atoms. The minimum atomic E-state index is -9.73. The first kappa shape index (κ1) is 15.3. The summed E-state index contributed by atoms with van der Waals surface area (Å²) < 4.78 is 70.0. The fourth-order valence-corrected chi connectivity index (χ4v) is 2.79. The van der Waals surface area contributed by atoms with Crippen molar-refractivity contribution in [2.24, 2.45) is 0 Å². The smallest absolute Gasteiger partial charge is 0.310 e. The Bertz CT molecular complexity index is 874. The van der Waals surface area contributed by atoms with Crippen LogP contribution in [0, 0.1) is 0 Å². The van der Waals surface area contributed by atoms with Gasteiger partial charge in [0.15, 0.2) is 5.58 Å². The highest BCUT2D eigenvalue weighted by Gasteiger charge is 2.65. The third kappa shape index (κ3) is 2.95. The predicted molar refractivity (Wildman–Crippen MR) is 78.5 cm³/mol. The van der Waals surface area contributed by atoms with Crippen molar-refractivity contribution in [3.63, 3.8) is 0 Å². The van der Waals surface area contributed by atoms with Crippen molar-refractivity contribution >= 4 is 37.3 Å². The number of hydrogen-bond donors (Lipinski definition) is 0. The Morgan fingerprint density at radius 1 is 0.909 bits per heavy atom. The Morgan fingerprint density at radius 3 is 2.14 bits per heavy atom. The molecule has 3 aromatic rings. The molecule has 1 aromatic heterocycles. The summed E-state index contributed by atoms with van der Waals surface area (Å²) in [6.45, 7) is 0. The highest BCUT2D eigenvalue weighted by atomic mass is 79.9. The third-order valence-electron chi connectivity index (χ3n) is 2.90. The fraction of sp³-hybridized carbons (Fsp3) is 0. The van der Waals surface area contributed by atoms with Gasteiger partial charge in [-0.25, -0.2) is 4.98 Å². The largest absolute Gasteiger partial charge is 0.436 e. The van der Waals surface area contributed by atoms with Crippen LogP contribution in [0.2, 0.25) is 0 Å². The molecule has 0 aliphatic rings. The number of nitrogens with zero attached hydrogens (tertiary/aromatic N) is 1. The minimum absolute atomic E-state index is 0.00326. The molecule has 0 radical (unpaired) electrons. The van der Waals surface area contributed by atoms with Crippen molar-refractivity contribution in [2.75, 3.05) is 0 Å². The second kappa shape index (κ2) is 4.02. The van der Waals surface area contributed by atoms with Gasteiger partial charge in [-0.3, -0.25) is 0 Å². The first-order chi connectivity index (χ1) is 9.92. The lowest BCUT2D eigenvalue weighted by atomic mass is 10.2. The maximum Gasteiger partial charge on any atom is 0.310 e. The molecule has 0 spiro atoms. The van der Waals surface area contributed by atoms with Gasteiger partial charge in [-0.2, -0.15) is 0 Å². The lowest BCUT2D eigenvalue weighted by molar-refractivity contribution is 0.364. The molecule has 0 amide bonds. The molecule has 2 nitrogen and oxygen atoms in total. The molecule has 0 N–H and O–H groups in total. The second-order valence-electron chi connectivity index (χ2n) is 4.62. The molecule has 0 bridgehead atoms. The molecule has 0 aliphatic heterocycles. The second-order valence-corrected chi connectivity index (χ2v) is 7.95. The van der Waals surface area contributed by atoms with Gasteiger partial charge in [-0.15, -0.1) is 0 Å². The Kier molecular flexibility index (Phi) is 2.79. The summed E-state index contributed by atoms with van der Waals surface area (Å²) >= 11 is 3.24. The summed E-state index contributed by atoms with van der Waals surface area (Å²) in [6.07, 6.45) is 0. The lowest BCUT2D eigenvalue weighted by Gasteiger charge is -2.40. The van der Waals surface area contributed by atoms with Crippen molar-refractivity contribution in [1.82, 2.24) is 4.98 Å². The average Bonchev–Trinajstić information content (AvgIpc) is 2.79. The number of halogens is 6. The summed E-state index contributed by atoms with van der Waals surface area (Å²) in [5.74, 6) is 0.0572. The molecule has 2 aromatic carbocycles. The monoisotopic (exact) mass is 399 g/mol. The van der Waals surface area contributed by atoms with Gasteiger partial charge in [0.05, 0.1) is 0 Å². The van der Waals surface area contributed by atoms with Gasteiger partial charge < -0.3 is 4.42 Å². The van der Waals surface area contributed by atoms with Gasteiger partial charge in [0.2, 0.25) is 5.89 Å². The van der Waals surface area contributed by atoms with E-state index in [2.05, 4.69) is 20.9 Å². The molecule has 9 heteroatoms. The highest BCUT2D eigenvalue weighted by Crippen LogP contribution is 3.02. The highest BCUT2D eigenvalue weighted by molar-refractivity contribution is 9.10. The van der Waals surface area contributed by atoms with Crippen LogP contribution in [0.15, 0.2) is 56.2 Å². The van der Waals surface area contributed by atoms with Crippen molar-refractivity contribution in [1.29, 1.82) is 0 Å². The number of aromatic nitrogens is 1. The molecule has 0 saturated heterocycles. The maximum atomic E-state index is 12.8. The number of fused-ring (bicyclic) bond motifs is 1. The number of hydrogen-bond acceptors (Lipinski definition) is 2. The molecule has 0 fully saturated rings. The number of rotatable bonds is 2. The van der Waals surface area contributed by atoms with E-state index in [-0.39, 0.29) is 17.0 Å². The molecule has 0 aliphatic carbocycles. The van der Waals surface area contributed by atoms with Gasteiger partial charge in [0.25, 0.3) is 0 Å². The van der Waals surface area contributed by atoms with E-state index < -0.39 is 15.1 Å². The summed E-state index contributed by atoms with van der Waals surface area (Å²) in [6, 6.07) is 8.14. The molecule has 3 rings (SSSR count). The van der Waals surface area contributed by atoms with Crippen LogP contribution in [0.25, 0.3) is 22.6 Å². The summed E-state index contributed by atoms with van der Waals surface area (Å²) in [4.78, 5) is 1.87. The molecular formula is C13H7BrF5NOS. The van der Waals surface area contributed by atoms with E-state index in [0.717, 1.165) is 10.5 Å². The van der Waals surface area contributed by atoms with E-state index >= 15 is 0 Å². The quantitative estimate of drug-likeness (QED) is 0.437. The summed E-state index contributed by atoms with van der Waals surface area (Å²) in [5.41, 5.74) is 0.250. The molecule has 0 atom stereocenters. The average molecular weight is 400 g/mol. The zero-order chi connectivity index (χ0) is 16.2. The molecular weight excluding hydrogens is 393 g/mol. The van der Waals surface area contributed by atoms with E-state index in [1.54, 1.807) is 24.3 Å². The SMILES string of the molecule is FS(F)(F)(F)(F)c1ccc2oc(-c3ccc(Br)cc3)nc2c1. The Morgan fingerprint density at radius 2 is 1.55 bits per heavy atom. The van der Waals surface area contributed by atoms with E-state index in [0.29, 0.717) is 17.7 Å². The summed E-state index contributed by atoms with van der Waals surface area (Å²) in [7, 11) is -9.73. The zero-order valence-corrected chi connectivity index (χ0v) is 13.0. The number of oxazole rings is 1. The normalized spacial score (nSPS) is 15.5. The van der Waals surface area contributed by atoms with Crippen LogP contribution in [-0.2, 0) is 0 Å². The van der Waals surface area contributed by atoms with Gasteiger partial charge in [-0.05, 0) is 42.5 Å². The minimum Gasteiger partial charge on any atom is -0.436 e. The van der Waals surface area contributed by atoms with Gasteiger partial charge in [0.1, 0.15) is 10.4 Å². The van der Waals surface area contributed by atoms with Crippen LogP contribution in [-0.4, -0.2) is 4.98 Å². The Labute approximate surface area is 129 Å². The predicted octanol–water partition coefficient (Wildman–Crippen LogP) is 6.91. The van der Waals surface area contributed by atoms with Crippen molar-refractivity contribution in [3.8, 4) is 11.5 Å². The first-order valence-electron chi connectivity index (χ1n) is 5.83. The molecule has 1 heterocycles. The first-order valence-corrected chi connectivity index (χ1v) is 8.57. The van der Waals surface area contributed by atoms with Crippen molar-refractivity contribution < 1.29 is 23.8 Å². The van der Waals surface area contributed by atoms with E-state index in [4.69, 9.17) is 4.42 Å². The standard InChI is InChI=1S/C13H7BrF5NOS/c14-9-3-1-8(2-4-9)13-20-11-7-10(5-6-12(11)21-13)22(15,16,17,18)19/h1-7H. The van der Waals surface area contributed by atoms with Crippen molar-refractivity contribution in [3.05, 3.63) is 46.9 Å². The van der Waals surface area contributed by atoms with Crippen LogP contribution in [0.5, 0.6) is 0 Å². The van der Waals surface area contributed by atoms with Crippen LogP contribution in [0.4, 0.5) is 19.4 Å². The van der Waals surface area contributed by atoms with Crippen LogP contribution in [0.3, 0.4) is 0 Å². The van der Waals surface area contributed by atoms with Crippen LogP contribution in [0.1, 0.15) is 0 Å². The van der Waals surface area contributed by atoms with E-state index in [1.807, 2.05) is 0 Å². The third-order valence-corrected chi connectivity index (χ3v) is 4.57. The van der Waals surface area contributed by atoms with Gasteiger partial charge >= 0.3 is 10.2 Å². The molecule has 0 unspecified atom stereocenters. The Hall–Kier alpha value is -1.61. The van der Waals surface area contributed by atoms with Crippen LogP contribution >= 0.6 is 26.2 Å². The van der Waals surface area contributed by atoms with Gasteiger partial charge in [-0.1, -0.05) is 35.4 Å². The topological polar surface area (TPSA) is 26.0 Å². The van der Waals surface area contributed by atoms with Gasteiger partial charge in [0, 0.05) is 10.0 Å². The lowest BCUT2D eigenvalue weighted by Crippen LogP contribution is -2.05. The van der Waals surface area contributed by atoms with Crippen molar-refractivity contribution in [2.45, 2.75) is 4.90 Å². The van der Waals surface area contributed by atoms with E-state index in [9.17, 15) is 19.4 Å². The fourth-order valence-electron chi connectivity index (χ4n) is 1.86. The Balaban J connectivity index is 2.14. The molecule has 118 valence electrons. The van der Waals surface area contributed by atoms with E-state index in [1.165, 1.54) is 0 Å². The molecule has 0 saturated carbocycles. The zero-order valence-electron chi connectivity index (χ0n) is 10.6. The number of benzene rings is 2. The summed E-state index contributed by atoms with van der Waals surface area (Å²) in [5, 5.41) is 0.